The van der Waals surface area contributed by atoms with Gasteiger partial charge in [-0.3, -0.25) is 4.79 Å². The summed E-state index contributed by atoms with van der Waals surface area (Å²) in [5.74, 6) is 0.571. The van der Waals surface area contributed by atoms with E-state index < -0.39 is 15.9 Å². The quantitative estimate of drug-likeness (QED) is 0.257. The lowest BCUT2D eigenvalue weighted by Gasteiger charge is -2.44. The second-order valence-corrected chi connectivity index (χ2v) is 15.1. The van der Waals surface area contributed by atoms with Crippen LogP contribution in [-0.4, -0.2) is 77.6 Å². The van der Waals surface area contributed by atoms with Gasteiger partial charge in [-0.2, -0.15) is 0 Å². The average Bonchev–Trinajstić information content (AvgIpc) is 3.62. The molecule has 2 aromatic carbocycles. The van der Waals surface area contributed by atoms with Crippen molar-refractivity contribution in [1.29, 1.82) is 0 Å². The molecule has 43 heavy (non-hydrogen) atoms. The number of carbonyl (C=O) groups is 1. The molecule has 2 fully saturated rings. The van der Waals surface area contributed by atoms with E-state index in [4.69, 9.17) is 0 Å². The second kappa shape index (κ2) is 12.3. The summed E-state index contributed by atoms with van der Waals surface area (Å²) in [5.41, 5.74) is 1.12. The van der Waals surface area contributed by atoms with Gasteiger partial charge in [0, 0.05) is 29.5 Å². The standard InChI is InChI=1S/C33H39N5O3S2/c1-22(2)37(3)25-14-15-29(24(18-25)20-43(40,41)26-12-8-5-9-13-26)38-17-16-28(33(38)39)36-31-27-19-30(23-10-6-4-7-11-23)42-32(27)35-21-34-31/h4-13,19,21-22,24-25,28-29H,14-18,20H2,1-3H3,(H,34,35,36)/t24-,25-,28+,29+/m1/s1. The Labute approximate surface area is 258 Å². The van der Waals surface area contributed by atoms with Crippen LogP contribution in [0.1, 0.15) is 39.5 Å². The highest BCUT2D eigenvalue weighted by Gasteiger charge is 2.44. The van der Waals surface area contributed by atoms with Crippen LogP contribution in [0.2, 0.25) is 0 Å². The van der Waals surface area contributed by atoms with E-state index in [-0.39, 0.29) is 29.7 Å². The molecule has 0 bridgehead atoms. The predicted molar refractivity (Wildman–Crippen MR) is 173 cm³/mol. The maximum absolute atomic E-state index is 13.9. The first-order valence-electron chi connectivity index (χ1n) is 15.1. The van der Waals surface area contributed by atoms with Gasteiger partial charge in [-0.05, 0) is 76.3 Å². The molecular weight excluding hydrogens is 579 g/mol. The topological polar surface area (TPSA) is 95.5 Å². The lowest BCUT2D eigenvalue weighted by atomic mass is 9.81. The van der Waals surface area contributed by atoms with Gasteiger partial charge in [0.2, 0.25) is 5.91 Å². The monoisotopic (exact) mass is 617 g/mol. The van der Waals surface area contributed by atoms with Crippen LogP contribution in [0.4, 0.5) is 5.82 Å². The van der Waals surface area contributed by atoms with Crippen LogP contribution in [0.15, 0.2) is 78.0 Å². The summed E-state index contributed by atoms with van der Waals surface area (Å²) in [6.45, 7) is 4.94. The third-order valence-corrected chi connectivity index (χ3v) is 12.1. The number of sulfone groups is 1. The van der Waals surface area contributed by atoms with Crippen LogP contribution >= 0.6 is 11.3 Å². The first kappa shape index (κ1) is 29.7. The molecule has 2 aromatic heterocycles. The van der Waals surface area contributed by atoms with Crippen molar-refractivity contribution in [3.8, 4) is 10.4 Å². The lowest BCUT2D eigenvalue weighted by Crippen LogP contribution is -2.52. The molecule has 4 atom stereocenters. The molecule has 6 rings (SSSR count). The first-order chi connectivity index (χ1) is 20.7. The smallest absolute Gasteiger partial charge is 0.245 e. The third kappa shape index (κ3) is 6.18. The Balaban J connectivity index is 1.22. The fraction of sp³-hybridized carbons (Fsp3) is 0.424. The van der Waals surface area contributed by atoms with Gasteiger partial charge in [-0.1, -0.05) is 48.5 Å². The maximum atomic E-state index is 13.9. The van der Waals surface area contributed by atoms with Crippen molar-refractivity contribution in [2.75, 3.05) is 24.7 Å². The zero-order valence-electron chi connectivity index (χ0n) is 24.9. The maximum Gasteiger partial charge on any atom is 0.245 e. The number of hydrogen-bond donors (Lipinski definition) is 1. The summed E-state index contributed by atoms with van der Waals surface area (Å²) >= 11 is 1.61. The predicted octanol–water partition coefficient (Wildman–Crippen LogP) is 5.72. The molecule has 8 nitrogen and oxygen atoms in total. The number of fused-ring (bicyclic) bond motifs is 1. The van der Waals surface area contributed by atoms with E-state index >= 15 is 0 Å². The number of benzene rings is 2. The normalized spacial score (nSPS) is 23.0. The highest BCUT2D eigenvalue weighted by molar-refractivity contribution is 7.91. The van der Waals surface area contributed by atoms with Crippen molar-refractivity contribution in [1.82, 2.24) is 19.8 Å². The number of anilines is 1. The summed E-state index contributed by atoms with van der Waals surface area (Å²) in [6.07, 6.45) is 4.66. The van der Waals surface area contributed by atoms with E-state index in [0.29, 0.717) is 29.7 Å². The van der Waals surface area contributed by atoms with Crippen molar-refractivity contribution < 1.29 is 13.2 Å². The Hall–Kier alpha value is -3.34. The number of hydrogen-bond acceptors (Lipinski definition) is 8. The van der Waals surface area contributed by atoms with Gasteiger partial charge in [-0.25, -0.2) is 18.4 Å². The zero-order chi connectivity index (χ0) is 30.1. The van der Waals surface area contributed by atoms with Crippen molar-refractivity contribution in [2.45, 2.75) is 68.6 Å². The molecule has 1 aliphatic carbocycles. The van der Waals surface area contributed by atoms with Gasteiger partial charge in [0.25, 0.3) is 0 Å². The van der Waals surface area contributed by atoms with E-state index in [0.717, 1.165) is 39.9 Å². The molecule has 2 aliphatic rings. The molecule has 1 amide bonds. The van der Waals surface area contributed by atoms with Gasteiger partial charge in [0.05, 0.1) is 16.0 Å². The van der Waals surface area contributed by atoms with Crippen molar-refractivity contribution >= 4 is 43.1 Å². The lowest BCUT2D eigenvalue weighted by molar-refractivity contribution is -0.132. The van der Waals surface area contributed by atoms with E-state index in [1.54, 1.807) is 41.9 Å². The Bertz CT molecular complexity index is 1680. The number of carbonyl (C=O) groups excluding carboxylic acids is 1. The van der Waals surface area contributed by atoms with Gasteiger partial charge in [0.1, 0.15) is 23.0 Å². The average molecular weight is 618 g/mol. The number of rotatable bonds is 9. The molecule has 1 aliphatic heterocycles. The first-order valence-corrected chi connectivity index (χ1v) is 17.5. The van der Waals surface area contributed by atoms with Crippen LogP contribution in [0.25, 0.3) is 20.7 Å². The molecule has 1 N–H and O–H groups in total. The zero-order valence-corrected chi connectivity index (χ0v) is 26.5. The Morgan fingerprint density at radius 2 is 1.74 bits per heavy atom. The number of aromatic nitrogens is 2. The van der Waals surface area contributed by atoms with Crippen molar-refractivity contribution in [3.05, 3.63) is 73.1 Å². The van der Waals surface area contributed by atoms with Gasteiger partial charge < -0.3 is 15.1 Å². The third-order valence-electron chi connectivity index (χ3n) is 9.18. The summed E-state index contributed by atoms with van der Waals surface area (Å²) < 4.78 is 27.1. The SMILES string of the molecule is CC(C)N(C)[C@@H]1CC[C@H](N2CC[C@H](Nc3ncnc4sc(-c5ccccc5)cc34)C2=O)[C@@H](CS(=O)(=O)c2ccccc2)C1. The minimum atomic E-state index is -3.50. The number of thiophene rings is 1. The molecule has 10 heteroatoms. The largest absolute Gasteiger partial charge is 0.358 e. The fourth-order valence-corrected chi connectivity index (χ4v) is 9.35. The number of amides is 1. The molecule has 1 saturated heterocycles. The van der Waals surface area contributed by atoms with Gasteiger partial charge >= 0.3 is 0 Å². The van der Waals surface area contributed by atoms with Gasteiger partial charge in [0.15, 0.2) is 9.84 Å². The van der Waals surface area contributed by atoms with Crippen molar-refractivity contribution in [3.63, 3.8) is 0 Å². The second-order valence-electron chi connectivity index (χ2n) is 12.1. The Kier molecular flexibility index (Phi) is 8.53. The van der Waals surface area contributed by atoms with Gasteiger partial charge in [-0.15, -0.1) is 11.3 Å². The molecular formula is C33H39N5O3S2. The Morgan fingerprint density at radius 3 is 2.47 bits per heavy atom. The van der Waals surface area contributed by atoms with E-state index in [9.17, 15) is 13.2 Å². The minimum Gasteiger partial charge on any atom is -0.358 e. The summed E-state index contributed by atoms with van der Waals surface area (Å²) in [7, 11) is -1.38. The summed E-state index contributed by atoms with van der Waals surface area (Å²) in [4.78, 5) is 29.6. The summed E-state index contributed by atoms with van der Waals surface area (Å²) in [5, 5.41) is 4.34. The molecule has 0 spiro atoms. The molecule has 0 radical (unpaired) electrons. The Morgan fingerprint density at radius 1 is 1.02 bits per heavy atom. The van der Waals surface area contributed by atoms with Crippen LogP contribution in [0.3, 0.4) is 0 Å². The molecule has 1 saturated carbocycles. The van der Waals surface area contributed by atoms with Crippen LogP contribution < -0.4 is 5.32 Å². The molecule has 4 aromatic rings. The van der Waals surface area contributed by atoms with Crippen molar-refractivity contribution in [2.24, 2.45) is 5.92 Å². The number of likely N-dealkylation sites (tertiary alicyclic amines) is 1. The van der Waals surface area contributed by atoms with E-state index in [1.165, 1.54) is 0 Å². The molecule has 3 heterocycles. The number of nitrogens with zero attached hydrogens (tertiary/aromatic N) is 4. The highest BCUT2D eigenvalue weighted by Crippen LogP contribution is 2.38. The minimum absolute atomic E-state index is 0.0213. The molecule has 226 valence electrons. The van der Waals surface area contributed by atoms with Crippen LogP contribution in [0, 0.1) is 5.92 Å². The molecule has 0 unspecified atom stereocenters. The highest BCUT2D eigenvalue weighted by atomic mass is 32.2. The van der Waals surface area contributed by atoms with Crippen LogP contribution in [0.5, 0.6) is 0 Å². The van der Waals surface area contributed by atoms with E-state index in [2.05, 4.69) is 59.3 Å². The fourth-order valence-electron chi connectivity index (χ4n) is 6.66. The van der Waals surface area contributed by atoms with E-state index in [1.807, 2.05) is 29.2 Å². The number of nitrogens with one attached hydrogen (secondary N) is 1. The van der Waals surface area contributed by atoms with Crippen LogP contribution in [-0.2, 0) is 14.6 Å². The summed E-state index contributed by atoms with van der Waals surface area (Å²) in [6, 6.07) is 21.1.